The number of cyclic esters (lactones) is 1. The molecule has 0 radical (unpaired) electrons. The van der Waals surface area contributed by atoms with E-state index in [1.807, 2.05) is 30.0 Å². The molecule has 126 valence electrons. The van der Waals surface area contributed by atoms with Crippen LogP contribution in [-0.4, -0.2) is 52.7 Å². The molecule has 0 aliphatic carbocycles. The van der Waals surface area contributed by atoms with E-state index in [9.17, 15) is 4.79 Å². The van der Waals surface area contributed by atoms with Gasteiger partial charge in [0.15, 0.2) is 0 Å². The van der Waals surface area contributed by atoms with Crippen molar-refractivity contribution in [3.8, 4) is 0 Å². The van der Waals surface area contributed by atoms with E-state index in [-0.39, 0.29) is 11.6 Å². The normalized spacial score (nSPS) is 24.0. The predicted molar refractivity (Wildman–Crippen MR) is 93.1 cm³/mol. The zero-order valence-electron chi connectivity index (χ0n) is 13.8. The minimum Gasteiger partial charge on any atom is -0.447 e. The minimum atomic E-state index is -0.262. The van der Waals surface area contributed by atoms with Crippen LogP contribution < -0.4 is 0 Å². The lowest BCUT2D eigenvalue weighted by Gasteiger charge is -2.44. The van der Waals surface area contributed by atoms with Crippen LogP contribution in [0.1, 0.15) is 16.3 Å². The van der Waals surface area contributed by atoms with Crippen molar-refractivity contribution in [3.05, 3.63) is 52.0 Å². The summed E-state index contributed by atoms with van der Waals surface area (Å²) in [5.74, 6) is 0. The van der Waals surface area contributed by atoms with Gasteiger partial charge in [-0.3, -0.25) is 9.80 Å². The molecule has 3 heterocycles. The maximum Gasteiger partial charge on any atom is 0.410 e. The highest BCUT2D eigenvalue weighted by Crippen LogP contribution is 2.32. The van der Waals surface area contributed by atoms with Gasteiger partial charge in [0.25, 0.3) is 0 Å². The Labute approximate surface area is 145 Å². The summed E-state index contributed by atoms with van der Waals surface area (Å²) in [6, 6.07) is 10.4. The standard InChI is InChI=1S/C18H21N3O2S/c1-14-19-16(11-24-14)10-20-7-8-21-17(22)23-13-18(21,12-20)9-15-5-3-2-4-6-15/h2-6,11H,7-10,12-13H2,1H3. The monoisotopic (exact) mass is 343 g/mol. The van der Waals surface area contributed by atoms with Crippen molar-refractivity contribution < 1.29 is 9.53 Å². The zero-order chi connectivity index (χ0) is 16.6. The molecule has 1 unspecified atom stereocenters. The summed E-state index contributed by atoms with van der Waals surface area (Å²) in [5.41, 5.74) is 2.10. The lowest BCUT2D eigenvalue weighted by atomic mass is 9.88. The van der Waals surface area contributed by atoms with E-state index < -0.39 is 0 Å². The first-order chi connectivity index (χ1) is 11.6. The van der Waals surface area contributed by atoms with Crippen molar-refractivity contribution in [2.24, 2.45) is 0 Å². The third kappa shape index (κ3) is 2.91. The van der Waals surface area contributed by atoms with Gasteiger partial charge in [0, 0.05) is 38.0 Å². The average Bonchev–Trinajstić information content (AvgIpc) is 3.12. The average molecular weight is 343 g/mol. The van der Waals surface area contributed by atoms with Gasteiger partial charge in [0.2, 0.25) is 0 Å². The molecule has 2 aliphatic rings. The van der Waals surface area contributed by atoms with Crippen molar-refractivity contribution in [3.63, 3.8) is 0 Å². The highest BCUT2D eigenvalue weighted by molar-refractivity contribution is 7.09. The summed E-state index contributed by atoms with van der Waals surface area (Å²) in [4.78, 5) is 21.1. The zero-order valence-corrected chi connectivity index (χ0v) is 14.6. The Hall–Kier alpha value is -1.92. The number of rotatable bonds is 4. The van der Waals surface area contributed by atoms with Crippen LogP contribution in [0.25, 0.3) is 0 Å². The molecule has 0 spiro atoms. The number of fused-ring (bicyclic) bond motifs is 1. The summed E-state index contributed by atoms with van der Waals surface area (Å²) < 4.78 is 5.42. The largest absolute Gasteiger partial charge is 0.447 e. The number of nitrogens with zero attached hydrogens (tertiary/aromatic N) is 3. The second-order valence-corrected chi connectivity index (χ2v) is 7.72. The number of aryl methyl sites for hydroxylation is 1. The number of hydrogen-bond acceptors (Lipinski definition) is 5. The summed E-state index contributed by atoms with van der Waals surface area (Å²) in [5, 5.41) is 3.23. The van der Waals surface area contributed by atoms with Crippen molar-refractivity contribution in [2.75, 3.05) is 26.2 Å². The lowest BCUT2D eigenvalue weighted by Crippen LogP contribution is -2.62. The van der Waals surface area contributed by atoms with E-state index in [0.29, 0.717) is 6.61 Å². The van der Waals surface area contributed by atoms with E-state index in [4.69, 9.17) is 4.74 Å². The fourth-order valence-corrected chi connectivity index (χ4v) is 4.37. The fraction of sp³-hybridized carbons (Fsp3) is 0.444. The van der Waals surface area contributed by atoms with Gasteiger partial charge in [-0.1, -0.05) is 30.3 Å². The quantitative estimate of drug-likeness (QED) is 0.856. The van der Waals surface area contributed by atoms with Crippen LogP contribution in [0.5, 0.6) is 0 Å². The number of aromatic nitrogens is 1. The van der Waals surface area contributed by atoms with Crippen molar-refractivity contribution in [1.29, 1.82) is 0 Å². The molecule has 1 amide bonds. The SMILES string of the molecule is Cc1nc(CN2CCN3C(=O)OCC3(Cc3ccccc3)C2)cs1. The molecule has 2 aliphatic heterocycles. The van der Waals surface area contributed by atoms with Crippen LogP contribution in [0.3, 0.4) is 0 Å². The Morgan fingerprint density at radius 2 is 2.12 bits per heavy atom. The molecule has 4 rings (SSSR count). The number of benzene rings is 1. The molecular weight excluding hydrogens is 322 g/mol. The second-order valence-electron chi connectivity index (χ2n) is 6.66. The molecule has 0 bridgehead atoms. The van der Waals surface area contributed by atoms with Crippen LogP contribution in [-0.2, 0) is 17.7 Å². The predicted octanol–water partition coefficient (Wildman–Crippen LogP) is 2.70. The van der Waals surface area contributed by atoms with Gasteiger partial charge in [-0.2, -0.15) is 0 Å². The molecule has 6 heteroatoms. The Morgan fingerprint density at radius 1 is 1.29 bits per heavy atom. The second kappa shape index (κ2) is 6.18. The van der Waals surface area contributed by atoms with Crippen LogP contribution >= 0.6 is 11.3 Å². The Morgan fingerprint density at radius 3 is 2.88 bits per heavy atom. The third-order valence-corrected chi connectivity index (χ3v) is 5.67. The molecule has 5 nitrogen and oxygen atoms in total. The van der Waals surface area contributed by atoms with E-state index in [0.717, 1.165) is 43.3 Å². The molecule has 0 N–H and O–H groups in total. The maximum atomic E-state index is 12.1. The van der Waals surface area contributed by atoms with Crippen LogP contribution in [0.15, 0.2) is 35.7 Å². The minimum absolute atomic E-state index is 0.171. The highest BCUT2D eigenvalue weighted by atomic mass is 32.1. The van der Waals surface area contributed by atoms with E-state index in [1.54, 1.807) is 11.3 Å². The number of hydrogen-bond donors (Lipinski definition) is 0. The van der Waals surface area contributed by atoms with Crippen LogP contribution in [0, 0.1) is 6.92 Å². The first-order valence-corrected chi connectivity index (χ1v) is 9.14. The number of amides is 1. The molecule has 2 saturated heterocycles. The first kappa shape index (κ1) is 15.6. The molecule has 1 aromatic heterocycles. The summed E-state index contributed by atoms with van der Waals surface area (Å²) in [6.07, 6.45) is 0.654. The van der Waals surface area contributed by atoms with Gasteiger partial charge in [-0.05, 0) is 12.5 Å². The first-order valence-electron chi connectivity index (χ1n) is 8.26. The van der Waals surface area contributed by atoms with Crippen LogP contribution in [0.4, 0.5) is 4.79 Å². The van der Waals surface area contributed by atoms with Crippen molar-refractivity contribution in [2.45, 2.75) is 25.4 Å². The fourth-order valence-electron chi connectivity index (χ4n) is 3.76. The van der Waals surface area contributed by atoms with Crippen molar-refractivity contribution >= 4 is 17.4 Å². The highest BCUT2D eigenvalue weighted by Gasteiger charge is 2.50. The number of carbonyl (C=O) groups is 1. The van der Waals surface area contributed by atoms with Gasteiger partial charge in [0.1, 0.15) is 6.61 Å². The van der Waals surface area contributed by atoms with Gasteiger partial charge in [0.05, 0.1) is 16.2 Å². The van der Waals surface area contributed by atoms with Gasteiger partial charge in [-0.15, -0.1) is 11.3 Å². The van der Waals surface area contributed by atoms with Gasteiger partial charge in [-0.25, -0.2) is 9.78 Å². The van der Waals surface area contributed by atoms with Gasteiger partial charge < -0.3 is 4.74 Å². The van der Waals surface area contributed by atoms with Crippen molar-refractivity contribution in [1.82, 2.24) is 14.8 Å². The lowest BCUT2D eigenvalue weighted by molar-refractivity contribution is 0.0471. The number of carbonyl (C=O) groups excluding carboxylic acids is 1. The summed E-state index contributed by atoms with van der Waals surface area (Å²) in [7, 11) is 0. The third-order valence-electron chi connectivity index (χ3n) is 4.84. The summed E-state index contributed by atoms with van der Waals surface area (Å²) >= 11 is 1.69. The molecule has 2 aromatic rings. The smallest absolute Gasteiger partial charge is 0.410 e. The molecule has 1 aromatic carbocycles. The van der Waals surface area contributed by atoms with Gasteiger partial charge >= 0.3 is 6.09 Å². The molecule has 2 fully saturated rings. The van der Waals surface area contributed by atoms with Crippen LogP contribution in [0.2, 0.25) is 0 Å². The van der Waals surface area contributed by atoms with E-state index >= 15 is 0 Å². The molecule has 0 saturated carbocycles. The van der Waals surface area contributed by atoms with E-state index in [1.165, 1.54) is 5.56 Å². The topological polar surface area (TPSA) is 45.7 Å². The molecular formula is C18H21N3O2S. The number of thiazole rings is 1. The van der Waals surface area contributed by atoms with E-state index in [2.05, 4.69) is 27.4 Å². The Bertz CT molecular complexity index is 733. The number of piperazine rings is 1. The maximum absolute atomic E-state index is 12.1. The molecule has 1 atom stereocenters. The Balaban J connectivity index is 1.55. The Kier molecular flexibility index (Phi) is 4.02. The summed E-state index contributed by atoms with van der Waals surface area (Å²) in [6.45, 7) is 5.74. The molecule has 24 heavy (non-hydrogen) atoms. The number of ether oxygens (including phenoxy) is 1.